The van der Waals surface area contributed by atoms with E-state index in [1.54, 1.807) is 11.0 Å². The largest absolute Gasteiger partial charge is 0.369 e. The van der Waals surface area contributed by atoms with Gasteiger partial charge in [-0.25, -0.2) is 0 Å². The van der Waals surface area contributed by atoms with E-state index >= 15 is 0 Å². The molecular weight excluding hydrogens is 264 g/mol. The van der Waals surface area contributed by atoms with Crippen molar-refractivity contribution in [3.63, 3.8) is 0 Å². The summed E-state index contributed by atoms with van der Waals surface area (Å²) in [6, 6.07) is 7.31. The topological polar surface area (TPSA) is 63.4 Å². The van der Waals surface area contributed by atoms with Crippen molar-refractivity contribution >= 4 is 23.4 Å². The minimum Gasteiger partial charge on any atom is -0.369 e. The van der Waals surface area contributed by atoms with Gasteiger partial charge in [-0.05, 0) is 24.5 Å². The summed E-state index contributed by atoms with van der Waals surface area (Å²) in [6.45, 7) is 1.12. The van der Waals surface area contributed by atoms with Crippen molar-refractivity contribution in [1.29, 1.82) is 0 Å². The monoisotopic (exact) mass is 280 g/mol. The van der Waals surface area contributed by atoms with Crippen molar-refractivity contribution in [2.45, 2.75) is 19.3 Å². The van der Waals surface area contributed by atoms with Crippen LogP contribution in [0.5, 0.6) is 0 Å². The molecule has 0 spiro atoms. The third kappa shape index (κ3) is 3.47. The Morgan fingerprint density at radius 1 is 1.37 bits per heavy atom. The van der Waals surface area contributed by atoms with Crippen LogP contribution in [0.1, 0.15) is 18.4 Å². The van der Waals surface area contributed by atoms with Crippen molar-refractivity contribution in [3.05, 3.63) is 34.9 Å². The fourth-order valence-corrected chi connectivity index (χ4v) is 2.55. The smallest absolute Gasteiger partial charge is 0.227 e. The van der Waals surface area contributed by atoms with Crippen LogP contribution in [0.25, 0.3) is 0 Å². The Balaban J connectivity index is 2.00. The van der Waals surface area contributed by atoms with E-state index in [9.17, 15) is 9.59 Å². The van der Waals surface area contributed by atoms with Crippen LogP contribution in [0.4, 0.5) is 0 Å². The number of hydrogen-bond donors (Lipinski definition) is 1. The first-order chi connectivity index (χ1) is 9.08. The maximum Gasteiger partial charge on any atom is 0.227 e. The number of nitrogens with zero attached hydrogens (tertiary/aromatic N) is 1. The average molecular weight is 281 g/mol. The van der Waals surface area contributed by atoms with Gasteiger partial charge in [-0.1, -0.05) is 29.8 Å². The van der Waals surface area contributed by atoms with Gasteiger partial charge in [-0.2, -0.15) is 0 Å². The molecule has 102 valence electrons. The highest BCUT2D eigenvalue weighted by Crippen LogP contribution is 2.20. The van der Waals surface area contributed by atoms with Crippen LogP contribution in [0, 0.1) is 5.92 Å². The van der Waals surface area contributed by atoms with Crippen LogP contribution in [-0.2, 0) is 16.0 Å². The summed E-state index contributed by atoms with van der Waals surface area (Å²) in [5.41, 5.74) is 6.12. The number of carbonyl (C=O) groups excluding carboxylic acids is 2. The molecule has 4 nitrogen and oxygen atoms in total. The molecule has 5 heteroatoms. The molecule has 1 aromatic carbocycles. The lowest BCUT2D eigenvalue weighted by Gasteiger charge is -2.31. The number of halogens is 1. The molecule has 1 atom stereocenters. The van der Waals surface area contributed by atoms with Crippen molar-refractivity contribution < 1.29 is 9.59 Å². The summed E-state index contributed by atoms with van der Waals surface area (Å²) in [7, 11) is 0. The van der Waals surface area contributed by atoms with Gasteiger partial charge in [0.1, 0.15) is 0 Å². The molecule has 1 heterocycles. The maximum atomic E-state index is 12.2. The lowest BCUT2D eigenvalue weighted by molar-refractivity contribution is -0.134. The Kier molecular flexibility index (Phi) is 4.43. The van der Waals surface area contributed by atoms with Crippen LogP contribution in [0.2, 0.25) is 5.02 Å². The average Bonchev–Trinajstić information content (AvgIpc) is 2.41. The number of amides is 2. The number of hydrogen-bond acceptors (Lipinski definition) is 2. The molecule has 19 heavy (non-hydrogen) atoms. The number of carbonyl (C=O) groups is 2. The van der Waals surface area contributed by atoms with E-state index in [0.717, 1.165) is 18.4 Å². The quantitative estimate of drug-likeness (QED) is 0.914. The second-order valence-corrected chi connectivity index (χ2v) is 5.26. The highest BCUT2D eigenvalue weighted by atomic mass is 35.5. The van der Waals surface area contributed by atoms with Gasteiger partial charge in [-0.3, -0.25) is 9.59 Å². The van der Waals surface area contributed by atoms with E-state index in [2.05, 4.69) is 0 Å². The molecule has 0 bridgehead atoms. The van der Waals surface area contributed by atoms with E-state index in [1.165, 1.54) is 0 Å². The molecule has 1 aliphatic rings. The third-order valence-electron chi connectivity index (χ3n) is 3.48. The lowest BCUT2D eigenvalue weighted by atomic mass is 9.97. The van der Waals surface area contributed by atoms with Crippen LogP contribution in [0.3, 0.4) is 0 Å². The standard InChI is InChI=1S/C14H17ClN2O2/c15-12-6-2-1-4-10(12)8-13(18)17-7-3-5-11(9-17)14(16)19/h1-2,4,6,11H,3,5,7-9H2,(H2,16,19). The minimum absolute atomic E-state index is 0.000880. The molecular formula is C14H17ClN2O2. The molecule has 2 amide bonds. The van der Waals surface area contributed by atoms with E-state index in [0.29, 0.717) is 18.1 Å². The zero-order valence-corrected chi connectivity index (χ0v) is 11.4. The number of benzene rings is 1. The van der Waals surface area contributed by atoms with Crippen LogP contribution < -0.4 is 5.73 Å². The second kappa shape index (κ2) is 6.06. The maximum absolute atomic E-state index is 12.2. The van der Waals surface area contributed by atoms with Gasteiger partial charge in [-0.15, -0.1) is 0 Å². The Bertz CT molecular complexity index is 490. The molecule has 1 fully saturated rings. The fraction of sp³-hybridized carbons (Fsp3) is 0.429. The van der Waals surface area contributed by atoms with Crippen LogP contribution in [-0.4, -0.2) is 29.8 Å². The molecule has 1 aliphatic heterocycles. The molecule has 0 aromatic heterocycles. The normalized spacial score (nSPS) is 19.2. The van der Waals surface area contributed by atoms with Crippen LogP contribution >= 0.6 is 11.6 Å². The van der Waals surface area contributed by atoms with Gasteiger partial charge in [0.2, 0.25) is 11.8 Å². The first kappa shape index (κ1) is 13.9. The number of rotatable bonds is 3. The number of nitrogens with two attached hydrogens (primary N) is 1. The van der Waals surface area contributed by atoms with Gasteiger partial charge >= 0.3 is 0 Å². The number of piperidine rings is 1. The molecule has 1 aromatic rings. The first-order valence-corrected chi connectivity index (χ1v) is 6.76. The lowest BCUT2D eigenvalue weighted by Crippen LogP contribution is -2.44. The molecule has 2 N–H and O–H groups in total. The summed E-state index contributed by atoms with van der Waals surface area (Å²) < 4.78 is 0. The summed E-state index contributed by atoms with van der Waals surface area (Å²) >= 11 is 6.04. The van der Waals surface area contributed by atoms with E-state index in [4.69, 9.17) is 17.3 Å². The fourth-order valence-electron chi connectivity index (χ4n) is 2.35. The highest BCUT2D eigenvalue weighted by Gasteiger charge is 2.26. The van der Waals surface area contributed by atoms with Crippen molar-refractivity contribution in [2.75, 3.05) is 13.1 Å². The molecule has 2 rings (SSSR count). The number of likely N-dealkylation sites (tertiary alicyclic amines) is 1. The van der Waals surface area contributed by atoms with Crippen molar-refractivity contribution in [1.82, 2.24) is 4.90 Å². The van der Waals surface area contributed by atoms with Gasteiger partial charge in [0, 0.05) is 18.1 Å². The van der Waals surface area contributed by atoms with Gasteiger partial charge in [0.15, 0.2) is 0 Å². The Morgan fingerprint density at radius 3 is 2.79 bits per heavy atom. The predicted octanol–water partition coefficient (Wildman–Crippen LogP) is 1.61. The highest BCUT2D eigenvalue weighted by molar-refractivity contribution is 6.31. The molecule has 0 aliphatic carbocycles. The minimum atomic E-state index is -0.324. The summed E-state index contributed by atoms with van der Waals surface area (Å²) in [5, 5.41) is 0.597. The first-order valence-electron chi connectivity index (χ1n) is 6.38. The molecule has 1 unspecified atom stereocenters. The van der Waals surface area contributed by atoms with E-state index in [-0.39, 0.29) is 24.2 Å². The zero-order chi connectivity index (χ0) is 13.8. The Hall–Kier alpha value is -1.55. The summed E-state index contributed by atoms with van der Waals surface area (Å²) in [5.74, 6) is -0.543. The van der Waals surface area contributed by atoms with Gasteiger partial charge in [0.25, 0.3) is 0 Å². The summed E-state index contributed by atoms with van der Waals surface area (Å²) in [6.07, 6.45) is 1.86. The Morgan fingerprint density at radius 2 is 2.11 bits per heavy atom. The summed E-state index contributed by atoms with van der Waals surface area (Å²) in [4.78, 5) is 25.1. The van der Waals surface area contributed by atoms with E-state index in [1.807, 2.05) is 18.2 Å². The predicted molar refractivity (Wildman–Crippen MR) is 73.7 cm³/mol. The van der Waals surface area contributed by atoms with E-state index < -0.39 is 0 Å². The Labute approximate surface area is 117 Å². The van der Waals surface area contributed by atoms with Gasteiger partial charge in [0.05, 0.1) is 12.3 Å². The molecule has 0 saturated carbocycles. The SMILES string of the molecule is NC(=O)C1CCCN(C(=O)Cc2ccccc2Cl)C1. The second-order valence-electron chi connectivity index (χ2n) is 4.85. The number of primary amides is 1. The van der Waals surface area contributed by atoms with Crippen molar-refractivity contribution in [2.24, 2.45) is 11.7 Å². The van der Waals surface area contributed by atoms with Gasteiger partial charge < -0.3 is 10.6 Å². The van der Waals surface area contributed by atoms with Crippen molar-refractivity contribution in [3.8, 4) is 0 Å². The third-order valence-corrected chi connectivity index (χ3v) is 3.84. The zero-order valence-electron chi connectivity index (χ0n) is 10.6. The molecule has 1 saturated heterocycles. The van der Waals surface area contributed by atoms with Crippen LogP contribution in [0.15, 0.2) is 24.3 Å². The molecule has 0 radical (unpaired) electrons.